The van der Waals surface area contributed by atoms with Gasteiger partial charge in [0.25, 0.3) is 0 Å². The lowest BCUT2D eigenvalue weighted by Crippen LogP contribution is -2.40. The van der Waals surface area contributed by atoms with Crippen LogP contribution >= 0.6 is 15.9 Å². The van der Waals surface area contributed by atoms with Crippen molar-refractivity contribution in [3.8, 4) is 0 Å². The highest BCUT2D eigenvalue weighted by atomic mass is 79.9. The average molecular weight is 313 g/mol. The number of anilines is 1. The van der Waals surface area contributed by atoms with Gasteiger partial charge in [-0.15, -0.1) is 0 Å². The molecule has 1 N–H and O–H groups in total. The summed E-state index contributed by atoms with van der Waals surface area (Å²) in [7, 11) is 0. The molecule has 4 nitrogen and oxygen atoms in total. The first-order chi connectivity index (χ1) is 8.68. The highest BCUT2D eigenvalue weighted by Gasteiger charge is 2.21. The predicted octanol–water partition coefficient (Wildman–Crippen LogP) is 2.45. The van der Waals surface area contributed by atoms with E-state index in [1.54, 1.807) is 6.33 Å². The Morgan fingerprint density at radius 1 is 1.44 bits per heavy atom. The second-order valence-corrected chi connectivity index (χ2v) is 5.99. The van der Waals surface area contributed by atoms with E-state index < -0.39 is 0 Å². The summed E-state index contributed by atoms with van der Waals surface area (Å²) in [5.74, 6) is 1.77. The molecule has 5 heteroatoms. The Morgan fingerprint density at radius 2 is 2.17 bits per heavy atom. The minimum atomic E-state index is 0.450. The lowest BCUT2D eigenvalue weighted by molar-refractivity contribution is 0.367. The maximum atomic E-state index is 4.42. The standard InChI is InChI=1S/C13H21BrN4/c1-10(2)18(8-11-3-5-15-6-4-11)13-12(14)7-16-9-17-13/h7,9-11,15H,3-6,8H2,1-2H3. The molecule has 2 rings (SSSR count). The van der Waals surface area contributed by atoms with Crippen LogP contribution in [0.25, 0.3) is 0 Å². The Kier molecular flexibility index (Phi) is 4.95. The zero-order chi connectivity index (χ0) is 13.0. The topological polar surface area (TPSA) is 41.0 Å². The van der Waals surface area contributed by atoms with E-state index in [1.165, 1.54) is 12.8 Å². The summed E-state index contributed by atoms with van der Waals surface area (Å²) in [6.45, 7) is 7.79. The van der Waals surface area contributed by atoms with Gasteiger partial charge >= 0.3 is 0 Å². The third-order valence-electron chi connectivity index (χ3n) is 3.46. The van der Waals surface area contributed by atoms with Crippen LogP contribution in [0.15, 0.2) is 17.0 Å². The summed E-state index contributed by atoms with van der Waals surface area (Å²) < 4.78 is 0.979. The molecule has 1 aromatic rings. The molecule has 0 unspecified atom stereocenters. The number of hydrogen-bond acceptors (Lipinski definition) is 4. The van der Waals surface area contributed by atoms with Crippen molar-refractivity contribution in [1.82, 2.24) is 15.3 Å². The van der Waals surface area contributed by atoms with Gasteiger partial charge in [-0.3, -0.25) is 0 Å². The highest BCUT2D eigenvalue weighted by Crippen LogP contribution is 2.26. The lowest BCUT2D eigenvalue weighted by atomic mass is 9.97. The molecule has 0 radical (unpaired) electrons. The van der Waals surface area contributed by atoms with Crippen LogP contribution in [0.5, 0.6) is 0 Å². The molecule has 1 fully saturated rings. The summed E-state index contributed by atoms with van der Waals surface area (Å²) in [5.41, 5.74) is 0. The van der Waals surface area contributed by atoms with Crippen molar-refractivity contribution in [3.63, 3.8) is 0 Å². The van der Waals surface area contributed by atoms with Crippen molar-refractivity contribution in [3.05, 3.63) is 17.0 Å². The molecular formula is C13H21BrN4. The van der Waals surface area contributed by atoms with Gasteiger partial charge in [-0.25, -0.2) is 9.97 Å². The minimum Gasteiger partial charge on any atom is -0.353 e. The van der Waals surface area contributed by atoms with E-state index in [-0.39, 0.29) is 0 Å². The summed E-state index contributed by atoms with van der Waals surface area (Å²) in [5, 5.41) is 3.41. The number of nitrogens with one attached hydrogen (secondary N) is 1. The second-order valence-electron chi connectivity index (χ2n) is 5.13. The molecule has 100 valence electrons. The monoisotopic (exact) mass is 312 g/mol. The van der Waals surface area contributed by atoms with Crippen LogP contribution in [0.2, 0.25) is 0 Å². The quantitative estimate of drug-likeness (QED) is 0.927. The molecule has 2 heterocycles. The van der Waals surface area contributed by atoms with Crippen molar-refractivity contribution in [2.75, 3.05) is 24.5 Å². The van der Waals surface area contributed by atoms with Gasteiger partial charge in [0.2, 0.25) is 0 Å². The van der Waals surface area contributed by atoms with Gasteiger partial charge in [-0.1, -0.05) is 0 Å². The number of piperidine rings is 1. The van der Waals surface area contributed by atoms with Gasteiger partial charge in [0, 0.05) is 18.8 Å². The Labute approximate surface area is 117 Å². The van der Waals surface area contributed by atoms with E-state index in [2.05, 4.69) is 50.0 Å². The molecule has 0 spiro atoms. The number of aromatic nitrogens is 2. The Morgan fingerprint density at radius 3 is 2.78 bits per heavy atom. The molecule has 1 aromatic heterocycles. The van der Waals surface area contributed by atoms with Gasteiger partial charge in [0.1, 0.15) is 12.1 Å². The van der Waals surface area contributed by atoms with Crippen molar-refractivity contribution in [1.29, 1.82) is 0 Å². The van der Waals surface area contributed by atoms with E-state index in [0.29, 0.717) is 6.04 Å². The van der Waals surface area contributed by atoms with E-state index in [9.17, 15) is 0 Å². The second kappa shape index (κ2) is 6.48. The third-order valence-corrected chi connectivity index (χ3v) is 4.02. The predicted molar refractivity (Wildman–Crippen MR) is 77.8 cm³/mol. The van der Waals surface area contributed by atoms with Crippen LogP contribution < -0.4 is 10.2 Å². The van der Waals surface area contributed by atoms with E-state index >= 15 is 0 Å². The smallest absolute Gasteiger partial charge is 0.146 e. The molecule has 0 amide bonds. The molecule has 0 bridgehead atoms. The zero-order valence-electron chi connectivity index (χ0n) is 11.1. The van der Waals surface area contributed by atoms with Crippen LogP contribution in [-0.2, 0) is 0 Å². The molecule has 0 aromatic carbocycles. The molecule has 1 saturated heterocycles. The summed E-state index contributed by atoms with van der Waals surface area (Å²) in [6, 6.07) is 0.450. The van der Waals surface area contributed by atoms with Crippen molar-refractivity contribution >= 4 is 21.7 Å². The molecule has 0 aliphatic carbocycles. The Hall–Kier alpha value is -0.680. The fourth-order valence-electron chi connectivity index (χ4n) is 2.40. The van der Waals surface area contributed by atoms with Crippen molar-refractivity contribution in [2.45, 2.75) is 32.7 Å². The number of hydrogen-bond donors (Lipinski definition) is 1. The fraction of sp³-hybridized carbons (Fsp3) is 0.692. The molecular weight excluding hydrogens is 292 g/mol. The first-order valence-electron chi connectivity index (χ1n) is 6.61. The van der Waals surface area contributed by atoms with E-state index in [4.69, 9.17) is 0 Å². The normalized spacial score (nSPS) is 17.1. The largest absolute Gasteiger partial charge is 0.353 e. The van der Waals surface area contributed by atoms with Crippen molar-refractivity contribution < 1.29 is 0 Å². The van der Waals surface area contributed by atoms with E-state index in [0.717, 1.165) is 35.8 Å². The highest BCUT2D eigenvalue weighted by molar-refractivity contribution is 9.10. The maximum Gasteiger partial charge on any atom is 0.146 e. The molecule has 1 aliphatic rings. The fourth-order valence-corrected chi connectivity index (χ4v) is 2.85. The van der Waals surface area contributed by atoms with Crippen LogP contribution in [-0.4, -0.2) is 35.6 Å². The SMILES string of the molecule is CC(C)N(CC1CCNCC1)c1ncncc1Br. The molecule has 18 heavy (non-hydrogen) atoms. The number of halogens is 1. The lowest BCUT2D eigenvalue weighted by Gasteiger charge is -2.34. The summed E-state index contributed by atoms with van der Waals surface area (Å²) in [4.78, 5) is 10.8. The van der Waals surface area contributed by atoms with Gasteiger partial charge in [-0.2, -0.15) is 0 Å². The molecule has 0 saturated carbocycles. The van der Waals surface area contributed by atoms with Gasteiger partial charge in [-0.05, 0) is 61.6 Å². The summed E-state index contributed by atoms with van der Waals surface area (Å²) >= 11 is 3.55. The molecule has 1 aliphatic heterocycles. The Bertz CT molecular complexity index is 377. The van der Waals surface area contributed by atoms with Crippen LogP contribution in [0.1, 0.15) is 26.7 Å². The van der Waals surface area contributed by atoms with Crippen molar-refractivity contribution in [2.24, 2.45) is 5.92 Å². The van der Waals surface area contributed by atoms with Crippen LogP contribution in [0.4, 0.5) is 5.82 Å². The summed E-state index contributed by atoms with van der Waals surface area (Å²) in [6.07, 6.45) is 5.95. The average Bonchev–Trinajstić information content (AvgIpc) is 2.38. The van der Waals surface area contributed by atoms with Crippen LogP contribution in [0.3, 0.4) is 0 Å². The number of rotatable bonds is 4. The van der Waals surface area contributed by atoms with E-state index in [1.807, 2.05) is 6.20 Å². The van der Waals surface area contributed by atoms with Gasteiger partial charge in [0.05, 0.1) is 4.47 Å². The first-order valence-corrected chi connectivity index (χ1v) is 7.40. The number of nitrogens with zero attached hydrogens (tertiary/aromatic N) is 3. The maximum absolute atomic E-state index is 4.42. The van der Waals surface area contributed by atoms with Gasteiger partial charge in [0.15, 0.2) is 0 Å². The minimum absolute atomic E-state index is 0.450. The molecule has 0 atom stereocenters. The zero-order valence-corrected chi connectivity index (χ0v) is 12.7. The third kappa shape index (κ3) is 3.42. The Balaban J connectivity index is 2.10. The van der Waals surface area contributed by atoms with Crippen LogP contribution in [0, 0.1) is 5.92 Å². The first kappa shape index (κ1) is 13.7. The van der Waals surface area contributed by atoms with Gasteiger partial charge < -0.3 is 10.2 Å².